The van der Waals surface area contributed by atoms with Crippen LogP contribution in [0.2, 0.25) is 0 Å². The lowest BCUT2D eigenvalue weighted by molar-refractivity contribution is -0.157. The molecule has 1 aliphatic heterocycles. The maximum atomic E-state index is 13.7. The molecule has 7 rings (SSSR count). The van der Waals surface area contributed by atoms with E-state index in [0.29, 0.717) is 38.5 Å². The number of aromatic nitrogens is 2. The normalized spacial score (nSPS) is 32.7. The van der Waals surface area contributed by atoms with Crippen LogP contribution < -0.4 is 0 Å². The molecule has 4 bridgehead atoms. The first-order valence-corrected chi connectivity index (χ1v) is 12.0. The lowest BCUT2D eigenvalue weighted by Crippen LogP contribution is -2.55. The maximum absolute atomic E-state index is 13.7. The number of hydrogen-bond acceptors (Lipinski definition) is 3. The number of hydrogen-bond donors (Lipinski definition) is 0. The smallest absolute Gasteiger partial charge is 0.228 e. The van der Waals surface area contributed by atoms with Gasteiger partial charge >= 0.3 is 0 Å². The SMILES string of the molecule is Cc1cccn2cc(CN3CCN(C(=O)C45CC6CC(CC(C6)C4)C5)CCC3=O)nc12. The van der Waals surface area contributed by atoms with Crippen molar-refractivity contribution in [3.8, 4) is 0 Å². The average Bonchev–Trinajstić information content (AvgIpc) is 3.06. The Kier molecular flexibility index (Phi) is 4.41. The minimum absolute atomic E-state index is 0.119. The summed E-state index contributed by atoms with van der Waals surface area (Å²) in [7, 11) is 0. The topological polar surface area (TPSA) is 57.9 Å². The highest BCUT2D eigenvalue weighted by molar-refractivity contribution is 5.85. The monoisotopic (exact) mass is 420 g/mol. The Morgan fingerprint density at radius 2 is 1.81 bits per heavy atom. The van der Waals surface area contributed by atoms with Crippen LogP contribution in [-0.2, 0) is 16.1 Å². The molecule has 2 amide bonds. The van der Waals surface area contributed by atoms with Crippen LogP contribution in [0, 0.1) is 30.1 Å². The first-order chi connectivity index (χ1) is 15.0. The molecule has 0 unspecified atom stereocenters. The average molecular weight is 421 g/mol. The van der Waals surface area contributed by atoms with Crippen molar-refractivity contribution in [1.29, 1.82) is 0 Å². The highest BCUT2D eigenvalue weighted by Crippen LogP contribution is 2.60. The van der Waals surface area contributed by atoms with E-state index in [4.69, 9.17) is 4.98 Å². The third-order valence-corrected chi connectivity index (χ3v) is 8.45. The van der Waals surface area contributed by atoms with Crippen molar-refractivity contribution in [2.24, 2.45) is 23.2 Å². The van der Waals surface area contributed by atoms with Crippen LogP contribution >= 0.6 is 0 Å². The Hall–Kier alpha value is -2.37. The van der Waals surface area contributed by atoms with Crippen LogP contribution in [0.3, 0.4) is 0 Å². The first-order valence-electron chi connectivity index (χ1n) is 12.0. The third-order valence-electron chi connectivity index (χ3n) is 8.45. The van der Waals surface area contributed by atoms with Gasteiger partial charge in [0, 0.05) is 38.4 Å². The second-order valence-electron chi connectivity index (χ2n) is 10.7. The van der Waals surface area contributed by atoms with E-state index in [-0.39, 0.29) is 11.3 Å². The number of rotatable bonds is 3. The van der Waals surface area contributed by atoms with Gasteiger partial charge < -0.3 is 14.2 Å². The van der Waals surface area contributed by atoms with Crippen molar-refractivity contribution < 1.29 is 9.59 Å². The van der Waals surface area contributed by atoms with E-state index in [1.54, 1.807) is 0 Å². The molecule has 0 radical (unpaired) electrons. The number of aryl methyl sites for hydroxylation is 1. The van der Waals surface area contributed by atoms with Gasteiger partial charge in [-0.05, 0) is 74.8 Å². The summed E-state index contributed by atoms with van der Waals surface area (Å²) in [5.74, 6) is 2.77. The zero-order valence-corrected chi connectivity index (χ0v) is 18.4. The molecule has 0 N–H and O–H groups in total. The molecule has 5 aliphatic rings. The van der Waals surface area contributed by atoms with Crippen LogP contribution in [-0.4, -0.2) is 50.6 Å². The molecule has 6 heteroatoms. The molecule has 2 aromatic rings. The van der Waals surface area contributed by atoms with Gasteiger partial charge in [0.25, 0.3) is 0 Å². The highest BCUT2D eigenvalue weighted by atomic mass is 16.2. The molecular weight excluding hydrogens is 388 g/mol. The molecule has 4 aliphatic carbocycles. The van der Waals surface area contributed by atoms with Gasteiger partial charge in [-0.2, -0.15) is 0 Å². The highest BCUT2D eigenvalue weighted by Gasteiger charge is 2.55. The van der Waals surface area contributed by atoms with Gasteiger partial charge in [-0.3, -0.25) is 9.59 Å². The third kappa shape index (κ3) is 3.26. The fourth-order valence-corrected chi connectivity index (χ4v) is 7.42. The lowest BCUT2D eigenvalue weighted by atomic mass is 9.49. The molecule has 0 atom stereocenters. The first kappa shape index (κ1) is 19.3. The number of imidazole rings is 1. The standard InChI is InChI=1S/C25H32N4O2/c1-17-3-2-5-29-16-21(26-23(17)29)15-28-8-7-27(6-4-22(28)30)24(31)25-12-18-9-19(13-25)11-20(10-18)14-25/h2-3,5,16,18-20H,4,6-15H2,1H3. The Morgan fingerprint density at radius 3 is 2.48 bits per heavy atom. The molecule has 0 spiro atoms. The number of pyridine rings is 1. The Labute approximate surface area is 183 Å². The van der Waals surface area contributed by atoms with E-state index in [0.717, 1.165) is 53.9 Å². The van der Waals surface area contributed by atoms with Gasteiger partial charge in [0.1, 0.15) is 5.65 Å². The van der Waals surface area contributed by atoms with Gasteiger partial charge in [0.15, 0.2) is 0 Å². The number of carbonyl (C=O) groups is 2. The van der Waals surface area contributed by atoms with Crippen molar-refractivity contribution in [3.05, 3.63) is 35.8 Å². The molecule has 5 fully saturated rings. The zero-order chi connectivity index (χ0) is 21.2. The van der Waals surface area contributed by atoms with E-state index in [9.17, 15) is 9.59 Å². The Bertz CT molecular complexity index is 1010. The van der Waals surface area contributed by atoms with Gasteiger partial charge in [0.2, 0.25) is 11.8 Å². The Balaban J connectivity index is 1.16. The minimum atomic E-state index is -0.119. The molecule has 31 heavy (non-hydrogen) atoms. The molecular formula is C25H32N4O2. The van der Waals surface area contributed by atoms with Crippen molar-refractivity contribution in [3.63, 3.8) is 0 Å². The fraction of sp³-hybridized carbons (Fsp3) is 0.640. The van der Waals surface area contributed by atoms with E-state index < -0.39 is 0 Å². The summed E-state index contributed by atoms with van der Waals surface area (Å²) in [5.41, 5.74) is 2.86. The summed E-state index contributed by atoms with van der Waals surface area (Å²) in [5, 5.41) is 0. The van der Waals surface area contributed by atoms with Gasteiger partial charge in [0.05, 0.1) is 17.7 Å². The molecule has 0 aromatic carbocycles. The second kappa shape index (κ2) is 7.07. The fourth-order valence-electron chi connectivity index (χ4n) is 7.42. The molecule has 1 saturated heterocycles. The summed E-state index contributed by atoms with van der Waals surface area (Å²) in [4.78, 5) is 35.2. The van der Waals surface area contributed by atoms with Gasteiger partial charge in [-0.25, -0.2) is 4.98 Å². The van der Waals surface area contributed by atoms with Crippen molar-refractivity contribution >= 4 is 17.5 Å². The molecule has 3 heterocycles. The van der Waals surface area contributed by atoms with Crippen LogP contribution in [0.15, 0.2) is 24.5 Å². The summed E-state index contributed by atoms with van der Waals surface area (Å²) >= 11 is 0. The van der Waals surface area contributed by atoms with Crippen LogP contribution in [0.5, 0.6) is 0 Å². The maximum Gasteiger partial charge on any atom is 0.228 e. The number of fused-ring (bicyclic) bond motifs is 1. The summed E-state index contributed by atoms with van der Waals surface area (Å²) in [6.45, 7) is 4.39. The number of carbonyl (C=O) groups excluding carboxylic acids is 2. The van der Waals surface area contributed by atoms with Gasteiger partial charge in [-0.15, -0.1) is 0 Å². The van der Waals surface area contributed by atoms with Crippen LogP contribution in [0.4, 0.5) is 0 Å². The van der Waals surface area contributed by atoms with E-state index in [1.807, 2.05) is 32.7 Å². The molecule has 2 aromatic heterocycles. The van der Waals surface area contributed by atoms with Crippen molar-refractivity contribution in [2.75, 3.05) is 19.6 Å². The van der Waals surface area contributed by atoms with Crippen molar-refractivity contribution in [1.82, 2.24) is 19.2 Å². The number of nitrogens with zero attached hydrogens (tertiary/aromatic N) is 4. The predicted molar refractivity (Wildman–Crippen MR) is 117 cm³/mol. The zero-order valence-electron chi connectivity index (χ0n) is 18.4. The molecule has 6 nitrogen and oxygen atoms in total. The second-order valence-corrected chi connectivity index (χ2v) is 10.7. The summed E-state index contributed by atoms with van der Waals surface area (Å²) in [6.07, 6.45) is 11.7. The summed E-state index contributed by atoms with van der Waals surface area (Å²) < 4.78 is 2.02. The summed E-state index contributed by atoms with van der Waals surface area (Å²) in [6, 6.07) is 4.07. The van der Waals surface area contributed by atoms with Crippen molar-refractivity contribution in [2.45, 2.75) is 58.4 Å². The minimum Gasteiger partial charge on any atom is -0.340 e. The van der Waals surface area contributed by atoms with Gasteiger partial charge in [-0.1, -0.05) is 6.07 Å². The van der Waals surface area contributed by atoms with E-state index in [1.165, 1.54) is 19.3 Å². The number of amides is 2. The van der Waals surface area contributed by atoms with Crippen LogP contribution in [0.25, 0.3) is 5.65 Å². The van der Waals surface area contributed by atoms with Crippen LogP contribution in [0.1, 0.15) is 56.2 Å². The van der Waals surface area contributed by atoms with E-state index >= 15 is 0 Å². The largest absolute Gasteiger partial charge is 0.340 e. The Morgan fingerprint density at radius 1 is 1.10 bits per heavy atom. The lowest BCUT2D eigenvalue weighted by Gasteiger charge is -2.56. The molecule has 164 valence electrons. The predicted octanol–water partition coefficient (Wildman–Crippen LogP) is 3.42. The quantitative estimate of drug-likeness (QED) is 0.765. The molecule has 4 saturated carbocycles. The van der Waals surface area contributed by atoms with E-state index in [2.05, 4.69) is 13.0 Å².